The van der Waals surface area contributed by atoms with Gasteiger partial charge >= 0.3 is 0 Å². The molecule has 1 heterocycles. The van der Waals surface area contributed by atoms with Gasteiger partial charge in [0.2, 0.25) is 0 Å². The Balaban J connectivity index is 0.00000225. The highest BCUT2D eigenvalue weighted by Gasteiger charge is 2.26. The number of likely N-dealkylation sites (N-methyl/N-ethyl adjacent to an activating group) is 1. The van der Waals surface area contributed by atoms with Crippen LogP contribution < -0.4 is 0 Å². The largest absolute Gasteiger partial charge is 0.378 e. The van der Waals surface area contributed by atoms with E-state index in [2.05, 4.69) is 79.2 Å². The Bertz CT molecular complexity index is 651. The van der Waals surface area contributed by atoms with Gasteiger partial charge in [-0.3, -0.25) is 4.90 Å². The molecular formula is C24H36Cl2N2O2. The van der Waals surface area contributed by atoms with Crippen LogP contribution in [0.3, 0.4) is 0 Å². The molecule has 168 valence electrons. The quantitative estimate of drug-likeness (QED) is 0.513. The lowest BCUT2D eigenvalue weighted by Crippen LogP contribution is -2.55. The lowest BCUT2D eigenvalue weighted by atomic mass is 10.0. The molecule has 0 N–H and O–H groups in total. The van der Waals surface area contributed by atoms with Crippen LogP contribution in [0, 0.1) is 0 Å². The molecule has 0 radical (unpaired) electrons. The van der Waals surface area contributed by atoms with Crippen molar-refractivity contribution >= 4 is 24.8 Å². The van der Waals surface area contributed by atoms with Gasteiger partial charge in [-0.05, 0) is 32.0 Å². The van der Waals surface area contributed by atoms with Crippen molar-refractivity contribution < 1.29 is 9.47 Å². The van der Waals surface area contributed by atoms with Gasteiger partial charge in [0.15, 0.2) is 0 Å². The zero-order valence-corrected chi connectivity index (χ0v) is 19.9. The van der Waals surface area contributed by atoms with E-state index >= 15 is 0 Å². The predicted molar refractivity (Wildman–Crippen MR) is 129 cm³/mol. The summed E-state index contributed by atoms with van der Waals surface area (Å²) in [6, 6.07) is 22.0. The first-order chi connectivity index (χ1) is 13.6. The van der Waals surface area contributed by atoms with Gasteiger partial charge in [0.1, 0.15) is 6.10 Å². The van der Waals surface area contributed by atoms with E-state index in [1.54, 1.807) is 0 Å². The van der Waals surface area contributed by atoms with Gasteiger partial charge in [-0.2, -0.15) is 0 Å². The van der Waals surface area contributed by atoms with E-state index in [1.165, 1.54) is 11.1 Å². The van der Waals surface area contributed by atoms with Crippen molar-refractivity contribution in [1.82, 2.24) is 9.80 Å². The standard InChI is InChI=1S/C24H34N2O2.2ClH/c1-20-19-26(21(2)18-25(20)3)14-15-27-16-17-28-24(22-10-6-4-7-11-22)23-12-8-5-9-13-23;;/h4-13,20-21,24H,14-19H2,1-3H3;2*1H/t20-,21+;;/m1../s1. The van der Waals surface area contributed by atoms with Crippen LogP contribution in [0.25, 0.3) is 0 Å². The molecule has 4 nitrogen and oxygen atoms in total. The van der Waals surface area contributed by atoms with Crippen LogP contribution in [0.1, 0.15) is 31.1 Å². The second-order valence-electron chi connectivity index (χ2n) is 7.82. The summed E-state index contributed by atoms with van der Waals surface area (Å²) < 4.78 is 12.1. The molecule has 0 unspecified atom stereocenters. The van der Waals surface area contributed by atoms with E-state index in [1.807, 2.05) is 12.1 Å². The van der Waals surface area contributed by atoms with Gasteiger partial charge in [0.25, 0.3) is 0 Å². The molecule has 1 fully saturated rings. The molecule has 0 amide bonds. The second kappa shape index (κ2) is 14.0. The molecule has 0 spiro atoms. The first-order valence-corrected chi connectivity index (χ1v) is 10.4. The summed E-state index contributed by atoms with van der Waals surface area (Å²) in [6.07, 6.45) is -0.0514. The highest BCUT2D eigenvalue weighted by atomic mass is 35.5. The Morgan fingerprint density at radius 3 is 1.93 bits per heavy atom. The summed E-state index contributed by atoms with van der Waals surface area (Å²) in [5.74, 6) is 0. The average molecular weight is 455 g/mol. The number of ether oxygens (including phenoxy) is 2. The normalized spacial score (nSPS) is 19.9. The summed E-state index contributed by atoms with van der Waals surface area (Å²) in [5, 5.41) is 0. The molecular weight excluding hydrogens is 419 g/mol. The number of hydrogen-bond acceptors (Lipinski definition) is 4. The smallest absolute Gasteiger partial charge is 0.108 e. The Labute approximate surface area is 194 Å². The van der Waals surface area contributed by atoms with Gasteiger partial charge in [0.05, 0.1) is 19.8 Å². The molecule has 6 heteroatoms. The monoisotopic (exact) mass is 454 g/mol. The maximum atomic E-state index is 6.21. The summed E-state index contributed by atoms with van der Waals surface area (Å²) >= 11 is 0. The van der Waals surface area contributed by atoms with E-state index in [0.717, 1.165) is 26.2 Å². The maximum absolute atomic E-state index is 6.21. The van der Waals surface area contributed by atoms with Gasteiger partial charge in [-0.15, -0.1) is 24.8 Å². The molecule has 0 bridgehead atoms. The van der Waals surface area contributed by atoms with Crippen molar-refractivity contribution in [1.29, 1.82) is 0 Å². The molecule has 0 aromatic heterocycles. The van der Waals surface area contributed by atoms with Crippen LogP contribution in [0.5, 0.6) is 0 Å². The second-order valence-corrected chi connectivity index (χ2v) is 7.82. The van der Waals surface area contributed by atoms with E-state index in [9.17, 15) is 0 Å². The van der Waals surface area contributed by atoms with Crippen LogP contribution in [0.2, 0.25) is 0 Å². The van der Waals surface area contributed by atoms with Gasteiger partial charge < -0.3 is 14.4 Å². The lowest BCUT2D eigenvalue weighted by molar-refractivity contribution is -0.000733. The molecule has 2 aromatic carbocycles. The Hall–Kier alpha value is -1.14. The molecule has 2 atom stereocenters. The summed E-state index contributed by atoms with van der Waals surface area (Å²) in [5.41, 5.74) is 2.35. The number of hydrogen-bond donors (Lipinski definition) is 0. The Kier molecular flexibility index (Phi) is 12.6. The Morgan fingerprint density at radius 1 is 0.800 bits per heavy atom. The van der Waals surface area contributed by atoms with Gasteiger partial charge in [-0.25, -0.2) is 0 Å². The van der Waals surface area contributed by atoms with E-state index in [0.29, 0.717) is 25.3 Å². The molecule has 0 saturated carbocycles. The molecule has 3 rings (SSSR count). The summed E-state index contributed by atoms with van der Waals surface area (Å²) in [7, 11) is 2.21. The SMILES string of the molecule is C[C@@H]1CN(CCOCCOC(c2ccccc2)c2ccccc2)[C@@H](C)CN1C.Cl.Cl. The van der Waals surface area contributed by atoms with Gasteiger partial charge in [0, 0.05) is 31.7 Å². The lowest BCUT2D eigenvalue weighted by Gasteiger charge is -2.42. The third kappa shape index (κ3) is 7.84. The van der Waals surface area contributed by atoms with Crippen LogP contribution in [0.15, 0.2) is 60.7 Å². The number of nitrogens with zero attached hydrogens (tertiary/aromatic N) is 2. The zero-order chi connectivity index (χ0) is 19.8. The van der Waals surface area contributed by atoms with E-state index in [4.69, 9.17) is 9.47 Å². The Morgan fingerprint density at radius 2 is 1.37 bits per heavy atom. The van der Waals surface area contributed by atoms with Crippen molar-refractivity contribution in [3.63, 3.8) is 0 Å². The first kappa shape index (κ1) is 26.9. The highest BCUT2D eigenvalue weighted by molar-refractivity contribution is 5.85. The fourth-order valence-electron chi connectivity index (χ4n) is 3.83. The highest BCUT2D eigenvalue weighted by Crippen LogP contribution is 2.25. The summed E-state index contributed by atoms with van der Waals surface area (Å²) in [6.45, 7) is 9.78. The molecule has 2 aromatic rings. The van der Waals surface area contributed by atoms with Crippen molar-refractivity contribution in [2.45, 2.75) is 32.0 Å². The number of piperazine rings is 1. The maximum Gasteiger partial charge on any atom is 0.108 e. The molecule has 1 aliphatic rings. The van der Waals surface area contributed by atoms with E-state index < -0.39 is 0 Å². The van der Waals surface area contributed by atoms with Gasteiger partial charge in [-0.1, -0.05) is 60.7 Å². The summed E-state index contributed by atoms with van der Waals surface area (Å²) in [4.78, 5) is 4.96. The van der Waals surface area contributed by atoms with Crippen LogP contribution in [-0.2, 0) is 9.47 Å². The molecule has 30 heavy (non-hydrogen) atoms. The minimum absolute atomic E-state index is 0. The predicted octanol–water partition coefficient (Wildman–Crippen LogP) is 4.68. The van der Waals surface area contributed by atoms with E-state index in [-0.39, 0.29) is 30.9 Å². The number of halogens is 2. The van der Waals surface area contributed by atoms with Crippen LogP contribution in [-0.4, -0.2) is 68.4 Å². The van der Waals surface area contributed by atoms with Crippen molar-refractivity contribution in [2.24, 2.45) is 0 Å². The molecule has 1 saturated heterocycles. The van der Waals surface area contributed by atoms with Crippen molar-refractivity contribution in [3.05, 3.63) is 71.8 Å². The average Bonchev–Trinajstić information content (AvgIpc) is 2.72. The third-order valence-corrected chi connectivity index (χ3v) is 5.67. The molecule has 0 aliphatic carbocycles. The number of rotatable bonds is 9. The fourth-order valence-corrected chi connectivity index (χ4v) is 3.83. The minimum Gasteiger partial charge on any atom is -0.378 e. The first-order valence-electron chi connectivity index (χ1n) is 10.4. The van der Waals surface area contributed by atoms with Crippen molar-refractivity contribution in [2.75, 3.05) is 46.5 Å². The third-order valence-electron chi connectivity index (χ3n) is 5.67. The zero-order valence-electron chi connectivity index (χ0n) is 18.3. The van der Waals surface area contributed by atoms with Crippen LogP contribution >= 0.6 is 24.8 Å². The van der Waals surface area contributed by atoms with Crippen LogP contribution in [0.4, 0.5) is 0 Å². The van der Waals surface area contributed by atoms with Crippen molar-refractivity contribution in [3.8, 4) is 0 Å². The number of benzene rings is 2. The minimum atomic E-state index is -0.0514. The molecule has 1 aliphatic heterocycles. The topological polar surface area (TPSA) is 24.9 Å². The fraction of sp³-hybridized carbons (Fsp3) is 0.500.